The first-order valence-corrected chi connectivity index (χ1v) is 10.9. The lowest BCUT2D eigenvalue weighted by molar-refractivity contribution is 0.0697. The summed E-state index contributed by atoms with van der Waals surface area (Å²) in [5, 5.41) is 9.09. The van der Waals surface area contributed by atoms with E-state index in [1.165, 1.54) is 29.5 Å². The maximum Gasteiger partial charge on any atom is 0.335 e. The van der Waals surface area contributed by atoms with E-state index in [0.717, 1.165) is 12.0 Å². The Labute approximate surface area is 181 Å². The van der Waals surface area contributed by atoms with Gasteiger partial charge in [-0.3, -0.25) is 0 Å². The topological polar surface area (TPSA) is 37.3 Å². The summed E-state index contributed by atoms with van der Waals surface area (Å²) < 4.78 is 0. The van der Waals surface area contributed by atoms with E-state index in [0.29, 0.717) is 5.56 Å². The number of fused-ring (bicyclic) bond motifs is 1. The van der Waals surface area contributed by atoms with Crippen molar-refractivity contribution in [3.05, 3.63) is 88.5 Å². The quantitative estimate of drug-likeness (QED) is 0.508. The molecule has 0 spiro atoms. The van der Waals surface area contributed by atoms with Gasteiger partial charge in [-0.05, 0) is 71.4 Å². The molecular formula is C28H34O2. The Kier molecular flexibility index (Phi) is 6.36. The Morgan fingerprint density at radius 2 is 1.63 bits per heavy atom. The number of carboxylic acids is 1. The molecule has 0 saturated heterocycles. The lowest BCUT2D eigenvalue weighted by atomic mass is 9.62. The SMILES string of the molecule is C/C=C/CC(/C=C/c1ccc(C(=O)O)cc1)c1ccc2c(c1)C(C)(C)CCC2(C)C. The zero-order chi connectivity index (χ0) is 21.9. The van der Waals surface area contributed by atoms with Gasteiger partial charge in [-0.25, -0.2) is 4.79 Å². The van der Waals surface area contributed by atoms with Gasteiger partial charge in [0.25, 0.3) is 0 Å². The van der Waals surface area contributed by atoms with Crippen LogP contribution in [0.25, 0.3) is 6.08 Å². The van der Waals surface area contributed by atoms with E-state index < -0.39 is 5.97 Å². The molecule has 1 aliphatic carbocycles. The zero-order valence-electron chi connectivity index (χ0n) is 18.9. The summed E-state index contributed by atoms with van der Waals surface area (Å²) in [4.78, 5) is 11.1. The van der Waals surface area contributed by atoms with Gasteiger partial charge in [0.2, 0.25) is 0 Å². The lowest BCUT2D eigenvalue weighted by Gasteiger charge is -2.42. The van der Waals surface area contributed by atoms with E-state index in [1.54, 1.807) is 12.1 Å². The number of benzene rings is 2. The molecule has 3 rings (SSSR count). The van der Waals surface area contributed by atoms with Crippen LogP contribution in [-0.4, -0.2) is 11.1 Å². The Bertz CT molecular complexity index is 959. The maximum atomic E-state index is 11.1. The molecule has 0 aliphatic heterocycles. The fourth-order valence-electron chi connectivity index (χ4n) is 4.41. The molecule has 1 atom stereocenters. The van der Waals surface area contributed by atoms with Crippen molar-refractivity contribution in [3.8, 4) is 0 Å². The molecule has 1 aliphatic rings. The zero-order valence-corrected chi connectivity index (χ0v) is 18.9. The van der Waals surface area contributed by atoms with Crippen molar-refractivity contribution in [2.75, 3.05) is 0 Å². The summed E-state index contributed by atoms with van der Waals surface area (Å²) in [5.74, 6) is -0.609. The predicted molar refractivity (Wildman–Crippen MR) is 126 cm³/mol. The monoisotopic (exact) mass is 402 g/mol. The second kappa shape index (κ2) is 8.63. The Morgan fingerprint density at radius 3 is 2.23 bits per heavy atom. The van der Waals surface area contributed by atoms with E-state index in [9.17, 15) is 4.79 Å². The molecule has 30 heavy (non-hydrogen) atoms. The highest BCUT2D eigenvalue weighted by Crippen LogP contribution is 2.46. The molecule has 1 unspecified atom stereocenters. The molecule has 2 nitrogen and oxygen atoms in total. The Hall–Kier alpha value is -2.61. The molecule has 0 amide bonds. The second-order valence-corrected chi connectivity index (χ2v) is 9.77. The van der Waals surface area contributed by atoms with E-state index in [4.69, 9.17) is 5.11 Å². The van der Waals surface area contributed by atoms with E-state index in [-0.39, 0.29) is 16.7 Å². The third-order valence-corrected chi connectivity index (χ3v) is 6.61. The van der Waals surface area contributed by atoms with Crippen LogP contribution in [0.15, 0.2) is 60.7 Å². The van der Waals surface area contributed by atoms with Crippen LogP contribution in [0.4, 0.5) is 0 Å². The first-order chi connectivity index (χ1) is 14.1. The summed E-state index contributed by atoms with van der Waals surface area (Å²) in [6.07, 6.45) is 12.1. The summed E-state index contributed by atoms with van der Waals surface area (Å²) in [6.45, 7) is 11.5. The van der Waals surface area contributed by atoms with E-state index >= 15 is 0 Å². The largest absolute Gasteiger partial charge is 0.478 e. The van der Waals surface area contributed by atoms with Crippen molar-refractivity contribution in [3.63, 3.8) is 0 Å². The highest BCUT2D eigenvalue weighted by Gasteiger charge is 2.37. The van der Waals surface area contributed by atoms with Crippen molar-refractivity contribution >= 4 is 12.0 Å². The highest BCUT2D eigenvalue weighted by molar-refractivity contribution is 5.87. The number of carbonyl (C=O) groups is 1. The van der Waals surface area contributed by atoms with Gasteiger partial charge in [-0.2, -0.15) is 0 Å². The Morgan fingerprint density at radius 1 is 1.00 bits per heavy atom. The summed E-state index contributed by atoms with van der Waals surface area (Å²) in [6, 6.07) is 14.1. The molecule has 2 aromatic rings. The fraction of sp³-hybridized carbons (Fsp3) is 0.393. The van der Waals surface area contributed by atoms with Gasteiger partial charge in [0.1, 0.15) is 0 Å². The standard InChI is InChI=1S/C28H34O2/c1-6-7-8-21(12-9-20-10-13-22(14-11-20)26(29)30)23-15-16-24-25(19-23)28(4,5)18-17-27(24,2)3/h6-7,9-16,19,21H,8,17-18H2,1-5H3,(H,29,30)/b7-6+,12-9+. The van der Waals surface area contributed by atoms with Crippen LogP contribution in [-0.2, 0) is 10.8 Å². The molecule has 2 aromatic carbocycles. The molecule has 0 radical (unpaired) electrons. The normalized spacial score (nSPS) is 18.4. The number of hydrogen-bond donors (Lipinski definition) is 1. The van der Waals surface area contributed by atoms with Crippen molar-refractivity contribution < 1.29 is 9.90 Å². The maximum absolute atomic E-state index is 11.1. The van der Waals surface area contributed by atoms with Crippen molar-refractivity contribution in [1.82, 2.24) is 0 Å². The number of rotatable bonds is 6. The average Bonchev–Trinajstić information content (AvgIpc) is 2.72. The highest BCUT2D eigenvalue weighted by atomic mass is 16.4. The third-order valence-electron chi connectivity index (χ3n) is 6.61. The molecule has 158 valence electrons. The average molecular weight is 403 g/mol. The molecule has 1 N–H and O–H groups in total. The summed E-state index contributed by atoms with van der Waals surface area (Å²) in [7, 11) is 0. The van der Waals surface area contributed by atoms with Crippen molar-refractivity contribution in [2.45, 2.75) is 70.6 Å². The van der Waals surface area contributed by atoms with Crippen LogP contribution < -0.4 is 0 Å². The van der Waals surface area contributed by atoms with Crippen LogP contribution >= 0.6 is 0 Å². The second-order valence-electron chi connectivity index (χ2n) is 9.77. The van der Waals surface area contributed by atoms with Crippen molar-refractivity contribution in [2.24, 2.45) is 0 Å². The summed E-state index contributed by atoms with van der Waals surface area (Å²) >= 11 is 0. The van der Waals surface area contributed by atoms with Gasteiger partial charge < -0.3 is 5.11 Å². The number of allylic oxidation sites excluding steroid dienone is 3. The summed E-state index contributed by atoms with van der Waals surface area (Å²) in [5.41, 5.74) is 6.08. The van der Waals surface area contributed by atoms with E-state index in [1.807, 2.05) is 12.1 Å². The van der Waals surface area contributed by atoms with Crippen LogP contribution in [0.3, 0.4) is 0 Å². The van der Waals surface area contributed by atoms with Gasteiger partial charge >= 0.3 is 5.97 Å². The van der Waals surface area contributed by atoms with Gasteiger partial charge in [0, 0.05) is 5.92 Å². The predicted octanol–water partition coefficient (Wildman–Crippen LogP) is 7.50. The third kappa shape index (κ3) is 4.75. The van der Waals surface area contributed by atoms with Crippen LogP contribution in [0.2, 0.25) is 0 Å². The van der Waals surface area contributed by atoms with Crippen molar-refractivity contribution in [1.29, 1.82) is 0 Å². The van der Waals surface area contributed by atoms with Crippen LogP contribution in [0.1, 0.15) is 92.4 Å². The van der Waals surface area contributed by atoms with Gasteiger partial charge in [0.15, 0.2) is 0 Å². The fourth-order valence-corrected chi connectivity index (χ4v) is 4.41. The minimum Gasteiger partial charge on any atom is -0.478 e. The van der Waals surface area contributed by atoms with Crippen LogP contribution in [0, 0.1) is 0 Å². The smallest absolute Gasteiger partial charge is 0.335 e. The number of carboxylic acid groups (broad SMARTS) is 1. The molecular weight excluding hydrogens is 368 g/mol. The van der Waals surface area contributed by atoms with Gasteiger partial charge in [-0.1, -0.05) is 82.3 Å². The van der Waals surface area contributed by atoms with Gasteiger partial charge in [0.05, 0.1) is 5.56 Å². The van der Waals surface area contributed by atoms with Crippen LogP contribution in [0.5, 0.6) is 0 Å². The number of aromatic carboxylic acids is 1. The molecule has 0 fully saturated rings. The first kappa shape index (κ1) is 22.1. The molecule has 0 saturated carbocycles. The number of hydrogen-bond acceptors (Lipinski definition) is 1. The first-order valence-electron chi connectivity index (χ1n) is 10.9. The van der Waals surface area contributed by atoms with E-state index in [2.05, 4.69) is 77.1 Å². The molecule has 2 heteroatoms. The van der Waals surface area contributed by atoms with Gasteiger partial charge in [-0.15, -0.1) is 0 Å². The Balaban J connectivity index is 1.95. The molecule has 0 heterocycles. The molecule has 0 bridgehead atoms. The molecule has 0 aromatic heterocycles. The lowest BCUT2D eigenvalue weighted by Crippen LogP contribution is -2.33. The minimum atomic E-state index is -0.893. The minimum absolute atomic E-state index is 0.197.